The molecule has 0 bridgehead atoms. The van der Waals surface area contributed by atoms with E-state index in [4.69, 9.17) is 30.6 Å². The molecule has 3 aliphatic rings. The number of nitrogens with two attached hydrogens (primary N) is 2. The van der Waals surface area contributed by atoms with Crippen LogP contribution in [0.5, 0.6) is 0 Å². The lowest BCUT2D eigenvalue weighted by Gasteiger charge is -2.21. The third-order valence-corrected chi connectivity index (χ3v) is 20.1. The maximum absolute atomic E-state index is 11.6. The first kappa shape index (κ1) is 73.7. The molecule has 0 aromatic carbocycles. The van der Waals surface area contributed by atoms with E-state index in [9.17, 15) is 24.5 Å². The average Bonchev–Trinajstić information content (AvgIpc) is 1.61. The van der Waals surface area contributed by atoms with Gasteiger partial charge in [-0.1, -0.05) is 38.5 Å². The molecule has 540 valence electrons. The van der Waals surface area contributed by atoms with Gasteiger partial charge in [0.1, 0.15) is 34.8 Å². The molecule has 32 nitrogen and oxygen atoms in total. The third-order valence-electron chi connectivity index (χ3n) is 19.5. The number of nitrogens with one attached hydrogen (secondary N) is 2. The highest BCUT2D eigenvalue weighted by Gasteiger charge is 2.31. The van der Waals surface area contributed by atoms with Crippen LogP contribution in [0.2, 0.25) is 0 Å². The number of fused-ring (bicyclic) bond motifs is 4. The van der Waals surface area contributed by atoms with Gasteiger partial charge in [-0.2, -0.15) is 50.9 Å². The van der Waals surface area contributed by atoms with Crippen molar-refractivity contribution >= 4 is 56.1 Å². The number of aryl methyl sites for hydroxylation is 4. The monoisotopic (exact) mass is 1430 g/mol. The van der Waals surface area contributed by atoms with Crippen molar-refractivity contribution in [3.63, 3.8) is 0 Å². The number of nitrogens with zero attached hydrogens (tertiary/aromatic N) is 23. The number of aromatic nitrogens is 20. The summed E-state index contributed by atoms with van der Waals surface area (Å²) in [4.78, 5) is 34.2. The second-order valence-corrected chi connectivity index (χ2v) is 27.9. The fourth-order valence-electron chi connectivity index (χ4n) is 14.4. The van der Waals surface area contributed by atoms with Gasteiger partial charge in [0, 0.05) is 83.5 Å². The Morgan fingerprint density at radius 3 is 1.19 bits per heavy atom. The van der Waals surface area contributed by atoms with Crippen LogP contribution in [0.4, 0.5) is 17.8 Å². The molecule has 3 aliphatic carbocycles. The fourth-order valence-corrected chi connectivity index (χ4v) is 14.9. The molecule has 0 saturated heterocycles. The van der Waals surface area contributed by atoms with Crippen LogP contribution >= 0.6 is 0 Å². The molecule has 7 N–H and O–H groups in total. The summed E-state index contributed by atoms with van der Waals surface area (Å²) in [5.41, 5.74) is 25.7. The fraction of sp³-hybridized carbons (Fsp3) is 0.437. The van der Waals surface area contributed by atoms with Crippen molar-refractivity contribution in [1.29, 1.82) is 20.6 Å². The highest BCUT2D eigenvalue weighted by molar-refractivity contribution is 7.86. The van der Waals surface area contributed by atoms with Gasteiger partial charge in [-0.3, -0.25) is 14.0 Å². The van der Waals surface area contributed by atoms with Crippen molar-refractivity contribution in [2.45, 2.75) is 168 Å². The Balaban J connectivity index is 0.000000138. The van der Waals surface area contributed by atoms with Crippen molar-refractivity contribution in [1.82, 2.24) is 97.5 Å². The van der Waals surface area contributed by atoms with Gasteiger partial charge in [0.15, 0.2) is 15.8 Å². The van der Waals surface area contributed by atoms with Crippen molar-refractivity contribution in [3.05, 3.63) is 127 Å². The molecular formula is C71H85N27O5S. The van der Waals surface area contributed by atoms with Crippen molar-refractivity contribution in [3.8, 4) is 63.2 Å². The maximum atomic E-state index is 11.6. The first-order chi connectivity index (χ1) is 50.2. The second-order valence-electron chi connectivity index (χ2n) is 26.3. The van der Waals surface area contributed by atoms with Crippen LogP contribution in [-0.2, 0) is 30.1 Å². The normalized spacial score (nSPS) is 15.6. The Bertz CT molecular complexity index is 5240. The standard InChI is InChI=1S/C19H23N7O2S.C19H23N7.C18H21N7.C14H18N6O.CO2/c1-13-6-7-17-19(23-18(24-26(13)17)12-29(21,27)28)15-10-22-25(11-15)16(8-9-20)14-4-2-3-5-14;1-13-7-8-17-18(23-19(21-2)24-26(13)17)15-11-22-25(12-15)16(9-10-20)14-5-3-4-6-14;1-12-6-7-16-17(22-18(20)23-25(12)16)14-10-21-24(11-14)15(8-9-19)13-4-2-3-5-13;1-4-21-10(3)19-8-11(7-16-19)13-12-6-5-9(2)20(12)18-14(15)17-13;2-1-3/h6-7,10-11,14,16H,2-5,8,12H2,1H3,(H2,21,27,28);7-8,11-12,14,16H,3-6,9H2,1-2H3,(H,21,24);6-7,10-11,13,15H,2-5,8H2,1H3,(H2,20,23);5-8,10H,4H2,1-3H3,(H2,15,18);. The van der Waals surface area contributed by atoms with E-state index in [2.05, 4.69) is 84.2 Å². The van der Waals surface area contributed by atoms with E-state index in [1.54, 1.807) is 30.6 Å². The lowest BCUT2D eigenvalue weighted by atomic mass is 9.96. The number of nitrogen functional groups attached to an aromatic ring is 2. The molecule has 5 unspecified atom stereocenters. The molecule has 0 radical (unpaired) electrons. The van der Waals surface area contributed by atoms with Gasteiger partial charge in [0.25, 0.3) is 0 Å². The summed E-state index contributed by atoms with van der Waals surface area (Å²) in [7, 11) is -1.95. The largest absolute Gasteiger partial charge is 0.373 e. The zero-order valence-electron chi connectivity index (χ0n) is 59.2. The van der Waals surface area contributed by atoms with Crippen LogP contribution in [-0.4, -0.2) is 126 Å². The number of hydrogen-bond donors (Lipinski definition) is 5. The molecule has 0 spiro atoms. The first-order valence-electron chi connectivity index (χ1n) is 34.8. The summed E-state index contributed by atoms with van der Waals surface area (Å²) in [6, 6.07) is 23.1. The first-order valence-corrected chi connectivity index (χ1v) is 36.5. The molecule has 15 rings (SSSR count). The number of hydrogen-bond acceptors (Lipinski definition) is 23. The lowest BCUT2D eigenvalue weighted by Crippen LogP contribution is -2.17. The Hall–Kier alpha value is -11.6. The van der Waals surface area contributed by atoms with E-state index in [-0.39, 0.29) is 48.2 Å². The molecule has 5 atom stereocenters. The van der Waals surface area contributed by atoms with Crippen molar-refractivity contribution < 1.29 is 23.1 Å². The van der Waals surface area contributed by atoms with Gasteiger partial charge in [-0.15, -0.1) is 15.3 Å². The number of nitriles is 3. The molecule has 3 saturated carbocycles. The SMILES string of the molecule is CCOC(C)n1cc(-c2nc(N)nn3c(C)ccc23)cn1.CNc1nc(-c2cnn(C(CC#N)C3CCCC3)c2)c2ccc(C)n2n1.Cc1ccc2c(-c3cnn(C(CC#N)C4CCCC4)c3)nc(CS(=N)(=O)O)nn12.Cc1ccc2c(-c3cnn(C(CC#N)C4CCCC4)c3)nc(N)nn12.O=C=O. The van der Waals surface area contributed by atoms with Crippen LogP contribution < -0.4 is 16.8 Å². The minimum atomic E-state index is -3.76. The second kappa shape index (κ2) is 33.0. The molecule has 12 heterocycles. The molecule has 12 aromatic heterocycles. The summed E-state index contributed by atoms with van der Waals surface area (Å²) in [6.07, 6.45) is 30.8. The lowest BCUT2D eigenvalue weighted by molar-refractivity contribution is -0.191. The van der Waals surface area contributed by atoms with Gasteiger partial charge in [-0.25, -0.2) is 51.7 Å². The minimum absolute atomic E-state index is 0.0338. The van der Waals surface area contributed by atoms with Crippen LogP contribution in [0.1, 0.15) is 163 Å². The van der Waals surface area contributed by atoms with E-state index in [1.165, 1.54) is 64.2 Å². The Morgan fingerprint density at radius 2 is 0.856 bits per heavy atom. The van der Waals surface area contributed by atoms with Gasteiger partial charge < -0.3 is 26.1 Å². The van der Waals surface area contributed by atoms with E-state index in [0.717, 1.165) is 97.0 Å². The maximum Gasteiger partial charge on any atom is 0.373 e. The van der Waals surface area contributed by atoms with Crippen molar-refractivity contribution in [2.24, 2.45) is 17.8 Å². The smallest absolute Gasteiger partial charge is 0.367 e. The Morgan fingerprint density at radius 1 is 0.538 bits per heavy atom. The summed E-state index contributed by atoms with van der Waals surface area (Å²) in [5, 5.41) is 66.1. The molecule has 12 aromatic rings. The zero-order valence-corrected chi connectivity index (χ0v) is 60.0. The van der Waals surface area contributed by atoms with Crippen LogP contribution in [0.15, 0.2) is 98.1 Å². The summed E-state index contributed by atoms with van der Waals surface area (Å²) >= 11 is 0. The van der Waals surface area contributed by atoms with Crippen molar-refractivity contribution in [2.75, 3.05) is 30.4 Å². The van der Waals surface area contributed by atoms with Gasteiger partial charge in [0.05, 0.1) is 102 Å². The predicted octanol–water partition coefficient (Wildman–Crippen LogP) is 11.7. The quantitative estimate of drug-likeness (QED) is 0.0502. The average molecular weight is 1430 g/mol. The summed E-state index contributed by atoms with van der Waals surface area (Å²) < 4.78 is 48.6. The topological polar surface area (TPSA) is 432 Å². The number of rotatable bonds is 19. The van der Waals surface area contributed by atoms with E-state index < -0.39 is 15.8 Å². The van der Waals surface area contributed by atoms with E-state index in [0.29, 0.717) is 55.3 Å². The van der Waals surface area contributed by atoms with E-state index >= 15 is 0 Å². The van der Waals surface area contributed by atoms with Crippen LogP contribution in [0.25, 0.3) is 67.1 Å². The number of carbonyl (C=O) groups excluding carboxylic acids is 2. The molecule has 0 amide bonds. The number of ether oxygens (including phenoxy) is 1. The molecule has 3 fully saturated rings. The van der Waals surface area contributed by atoms with Crippen LogP contribution in [0.3, 0.4) is 0 Å². The van der Waals surface area contributed by atoms with Gasteiger partial charge in [0.2, 0.25) is 17.8 Å². The molecule has 33 heteroatoms. The van der Waals surface area contributed by atoms with E-state index in [1.807, 2.05) is 153 Å². The summed E-state index contributed by atoms with van der Waals surface area (Å²) in [5.74, 6) is 2.24. The van der Waals surface area contributed by atoms with Gasteiger partial charge >= 0.3 is 6.15 Å². The Labute approximate surface area is 600 Å². The minimum Gasteiger partial charge on any atom is -0.367 e. The molecule has 0 aliphatic heterocycles. The highest BCUT2D eigenvalue weighted by Crippen LogP contribution is 2.40. The van der Waals surface area contributed by atoms with Crippen LogP contribution in [0, 0.1) is 84.2 Å². The molecule has 104 heavy (non-hydrogen) atoms. The third kappa shape index (κ3) is 16.7. The predicted molar refractivity (Wildman–Crippen MR) is 386 cm³/mol. The number of anilines is 3. The highest BCUT2D eigenvalue weighted by atomic mass is 32.2. The molecular weight excluding hydrogens is 1340 g/mol. The Kier molecular flexibility index (Phi) is 23.4. The zero-order chi connectivity index (χ0) is 73.8. The van der Waals surface area contributed by atoms with Gasteiger partial charge in [-0.05, 0) is 146 Å². The summed E-state index contributed by atoms with van der Waals surface area (Å²) in [6.45, 7) is 12.4.